The third kappa shape index (κ3) is 8.94. The van der Waals surface area contributed by atoms with E-state index in [0.717, 1.165) is 45.0 Å². The minimum atomic E-state index is -0.564. The van der Waals surface area contributed by atoms with Gasteiger partial charge in [0.2, 0.25) is 5.91 Å². The van der Waals surface area contributed by atoms with Crippen LogP contribution in [0.1, 0.15) is 67.2 Å². The van der Waals surface area contributed by atoms with Gasteiger partial charge in [0.05, 0.1) is 12.0 Å². The van der Waals surface area contributed by atoms with Crippen molar-refractivity contribution in [1.29, 1.82) is 0 Å². The van der Waals surface area contributed by atoms with Crippen molar-refractivity contribution < 1.29 is 14.3 Å². The molecule has 0 aromatic carbocycles. The molecule has 0 spiro atoms. The Kier molecular flexibility index (Phi) is 11.0. The molecule has 2 rings (SSSR count). The van der Waals surface area contributed by atoms with Crippen molar-refractivity contribution in [3.05, 3.63) is 0 Å². The predicted octanol–water partition coefficient (Wildman–Crippen LogP) is 3.45. The van der Waals surface area contributed by atoms with Gasteiger partial charge in [0, 0.05) is 39.3 Å². The van der Waals surface area contributed by atoms with Crippen LogP contribution >= 0.6 is 24.0 Å². The molecule has 2 aliphatic rings. The number of halogens is 1. The molecule has 0 aromatic heterocycles. The van der Waals surface area contributed by atoms with Crippen molar-refractivity contribution in [2.45, 2.75) is 78.9 Å². The fraction of sp³-hybridized carbons (Fsp3) is 0.870. The van der Waals surface area contributed by atoms with E-state index >= 15 is 0 Å². The summed E-state index contributed by atoms with van der Waals surface area (Å²) in [6, 6.07) is 0.192. The lowest BCUT2D eigenvalue weighted by atomic mass is 9.93. The molecule has 0 atom stereocenters. The Bertz CT molecular complexity index is 651. The average molecular weight is 566 g/mol. The zero-order valence-electron chi connectivity index (χ0n) is 21.0. The van der Waals surface area contributed by atoms with E-state index in [1.54, 1.807) is 7.05 Å². The Balaban J connectivity index is 0.00000512. The van der Waals surface area contributed by atoms with Crippen LogP contribution < -0.4 is 10.6 Å². The van der Waals surface area contributed by atoms with Gasteiger partial charge in [0.25, 0.3) is 0 Å². The van der Waals surface area contributed by atoms with E-state index < -0.39 is 11.0 Å². The van der Waals surface area contributed by atoms with Gasteiger partial charge in [-0.3, -0.25) is 9.79 Å². The fourth-order valence-corrected chi connectivity index (χ4v) is 3.77. The van der Waals surface area contributed by atoms with Gasteiger partial charge in [-0.1, -0.05) is 0 Å². The van der Waals surface area contributed by atoms with Gasteiger partial charge in [-0.25, -0.2) is 4.79 Å². The number of guanidine groups is 1. The third-order valence-corrected chi connectivity index (χ3v) is 5.79. The van der Waals surface area contributed by atoms with E-state index in [-0.39, 0.29) is 42.0 Å². The predicted molar refractivity (Wildman–Crippen MR) is 140 cm³/mol. The molecule has 0 radical (unpaired) electrons. The summed E-state index contributed by atoms with van der Waals surface area (Å²) < 4.78 is 5.70. The van der Waals surface area contributed by atoms with E-state index in [9.17, 15) is 9.59 Å². The number of ether oxygens (including phenoxy) is 1. The van der Waals surface area contributed by atoms with E-state index in [1.807, 2.05) is 46.4 Å². The second kappa shape index (κ2) is 12.3. The number of rotatable bonds is 7. The highest BCUT2D eigenvalue weighted by atomic mass is 127. The topological polar surface area (TPSA) is 86.3 Å². The maximum absolute atomic E-state index is 12.9. The van der Waals surface area contributed by atoms with E-state index in [2.05, 4.69) is 15.5 Å². The number of nitrogens with one attached hydrogen (secondary N) is 2. The van der Waals surface area contributed by atoms with Crippen molar-refractivity contribution in [1.82, 2.24) is 20.4 Å². The number of amides is 2. The zero-order valence-corrected chi connectivity index (χ0v) is 23.3. The Morgan fingerprint density at radius 1 is 1.09 bits per heavy atom. The normalized spacial score (nSPS) is 18.0. The smallest absolute Gasteiger partial charge is 0.410 e. The first-order valence-corrected chi connectivity index (χ1v) is 11.7. The fourth-order valence-electron chi connectivity index (χ4n) is 3.77. The molecular formula is C23H44IN5O3. The van der Waals surface area contributed by atoms with Crippen LogP contribution in [0, 0.1) is 11.3 Å². The van der Waals surface area contributed by atoms with Gasteiger partial charge in [-0.05, 0) is 73.1 Å². The van der Waals surface area contributed by atoms with Gasteiger partial charge in [0.1, 0.15) is 5.60 Å². The summed E-state index contributed by atoms with van der Waals surface area (Å²) in [6.45, 7) is 15.2. The third-order valence-electron chi connectivity index (χ3n) is 5.79. The minimum absolute atomic E-state index is 0. The molecule has 186 valence electrons. The number of nitrogens with zero attached hydrogens (tertiary/aromatic N) is 3. The van der Waals surface area contributed by atoms with Crippen molar-refractivity contribution in [2.24, 2.45) is 16.3 Å². The molecule has 0 aromatic rings. The number of piperidine rings is 1. The molecule has 2 N–H and O–H groups in total. The van der Waals surface area contributed by atoms with Crippen molar-refractivity contribution in [2.75, 3.05) is 39.8 Å². The first kappa shape index (κ1) is 28.8. The van der Waals surface area contributed by atoms with Crippen LogP contribution in [0.5, 0.6) is 0 Å². The highest BCUT2D eigenvalue weighted by Gasteiger charge is 2.36. The van der Waals surface area contributed by atoms with Crippen LogP contribution in [-0.2, 0) is 9.53 Å². The molecule has 9 heteroatoms. The highest BCUT2D eigenvalue weighted by Crippen LogP contribution is 2.32. The van der Waals surface area contributed by atoms with Crippen LogP contribution in [-0.4, -0.2) is 79.2 Å². The lowest BCUT2D eigenvalue weighted by molar-refractivity contribution is -0.128. The maximum atomic E-state index is 12.9. The first-order chi connectivity index (χ1) is 14.5. The second-order valence-electron chi connectivity index (χ2n) is 10.4. The van der Waals surface area contributed by atoms with Crippen LogP contribution in [0.4, 0.5) is 4.79 Å². The monoisotopic (exact) mass is 565 g/mol. The molecule has 2 amide bonds. The lowest BCUT2D eigenvalue weighted by Gasteiger charge is -2.40. The van der Waals surface area contributed by atoms with E-state index in [4.69, 9.17) is 9.73 Å². The first-order valence-electron chi connectivity index (χ1n) is 11.7. The molecule has 0 bridgehead atoms. The molecule has 8 nitrogen and oxygen atoms in total. The SMILES string of the molecule is CCNC(=NCC(C)(C)C(=O)NC)N1CCC(N(CC2CC2)C(=O)OC(C)(C)C)CC1.I. The van der Waals surface area contributed by atoms with Crippen LogP contribution in [0.15, 0.2) is 4.99 Å². The van der Waals surface area contributed by atoms with Crippen LogP contribution in [0.2, 0.25) is 0 Å². The summed E-state index contributed by atoms with van der Waals surface area (Å²) in [6.07, 6.45) is 3.99. The molecule has 1 heterocycles. The summed E-state index contributed by atoms with van der Waals surface area (Å²) >= 11 is 0. The van der Waals surface area contributed by atoms with Gasteiger partial charge in [-0.15, -0.1) is 24.0 Å². The molecule has 32 heavy (non-hydrogen) atoms. The number of hydrogen-bond donors (Lipinski definition) is 2. The number of aliphatic imine (C=N–C) groups is 1. The molecular weight excluding hydrogens is 521 g/mol. The second-order valence-corrected chi connectivity index (χ2v) is 10.4. The van der Waals surface area contributed by atoms with Gasteiger partial charge in [-0.2, -0.15) is 0 Å². The van der Waals surface area contributed by atoms with Crippen LogP contribution in [0.25, 0.3) is 0 Å². The standard InChI is InChI=1S/C23H43N5O3.HI/c1-8-25-20(26-16-23(5,6)19(29)24-7)27-13-11-18(12-14-27)28(15-17-9-10-17)21(30)31-22(2,3)4;/h17-18H,8-16H2,1-7H3,(H,24,29)(H,25,26);1H. The van der Waals surface area contributed by atoms with Crippen molar-refractivity contribution in [3.63, 3.8) is 0 Å². The maximum Gasteiger partial charge on any atom is 0.410 e. The lowest BCUT2D eigenvalue weighted by Crippen LogP contribution is -2.53. The summed E-state index contributed by atoms with van der Waals surface area (Å²) in [5.74, 6) is 1.44. The molecule has 0 unspecified atom stereocenters. The Morgan fingerprint density at radius 3 is 2.16 bits per heavy atom. The Hall–Kier alpha value is -1.26. The number of carbonyl (C=O) groups excluding carboxylic acids is 2. The molecule has 1 saturated heterocycles. The number of hydrogen-bond acceptors (Lipinski definition) is 4. The average Bonchev–Trinajstić information content (AvgIpc) is 3.51. The van der Waals surface area contributed by atoms with E-state index in [1.165, 1.54) is 12.8 Å². The Morgan fingerprint density at radius 2 is 1.69 bits per heavy atom. The largest absolute Gasteiger partial charge is 0.444 e. The molecule has 1 aliphatic heterocycles. The van der Waals surface area contributed by atoms with Crippen molar-refractivity contribution >= 4 is 41.9 Å². The van der Waals surface area contributed by atoms with Gasteiger partial charge >= 0.3 is 6.09 Å². The van der Waals surface area contributed by atoms with Crippen molar-refractivity contribution in [3.8, 4) is 0 Å². The molecule has 1 saturated carbocycles. The minimum Gasteiger partial charge on any atom is -0.444 e. The molecule has 1 aliphatic carbocycles. The van der Waals surface area contributed by atoms with Gasteiger partial charge < -0.3 is 25.2 Å². The molecule has 2 fully saturated rings. The van der Waals surface area contributed by atoms with Gasteiger partial charge in [0.15, 0.2) is 5.96 Å². The summed E-state index contributed by atoms with van der Waals surface area (Å²) in [4.78, 5) is 33.9. The number of likely N-dealkylation sites (tertiary alicyclic amines) is 1. The summed E-state index contributed by atoms with van der Waals surface area (Å²) in [5.41, 5.74) is -1.05. The zero-order chi connectivity index (χ0) is 23.2. The summed E-state index contributed by atoms with van der Waals surface area (Å²) in [5, 5.41) is 6.08. The Labute approximate surface area is 211 Å². The highest BCUT2D eigenvalue weighted by molar-refractivity contribution is 14.0. The quantitative estimate of drug-likeness (QED) is 0.281. The summed E-state index contributed by atoms with van der Waals surface area (Å²) in [7, 11) is 1.65. The number of carbonyl (C=O) groups is 2. The van der Waals surface area contributed by atoms with E-state index in [0.29, 0.717) is 12.5 Å². The van der Waals surface area contributed by atoms with Crippen LogP contribution in [0.3, 0.4) is 0 Å².